The standard InChI is InChI=1S/C13H14BrFN2OS/c1-18-9-2-3-11(12(15)5-9)13(17-16)6-10-4-8(14)7-19-10/h2-5,7,13,17H,6,16H2,1H3. The summed E-state index contributed by atoms with van der Waals surface area (Å²) in [6.07, 6.45) is 0.635. The van der Waals surface area contributed by atoms with Crippen molar-refractivity contribution in [2.75, 3.05) is 7.11 Å². The fourth-order valence-electron chi connectivity index (χ4n) is 1.84. The van der Waals surface area contributed by atoms with E-state index >= 15 is 0 Å². The number of halogens is 2. The maximum atomic E-state index is 14.0. The van der Waals surface area contributed by atoms with Crippen LogP contribution in [0.5, 0.6) is 5.75 Å². The second-order valence-electron chi connectivity index (χ2n) is 4.04. The van der Waals surface area contributed by atoms with Crippen LogP contribution in [-0.4, -0.2) is 7.11 Å². The van der Waals surface area contributed by atoms with E-state index in [1.165, 1.54) is 13.2 Å². The van der Waals surface area contributed by atoms with Crippen LogP contribution >= 0.6 is 27.3 Å². The Morgan fingerprint density at radius 3 is 2.79 bits per heavy atom. The van der Waals surface area contributed by atoms with Gasteiger partial charge in [0.05, 0.1) is 13.2 Å². The molecule has 2 rings (SSSR count). The summed E-state index contributed by atoms with van der Waals surface area (Å²) in [5, 5.41) is 1.99. The second-order valence-corrected chi connectivity index (χ2v) is 5.95. The zero-order chi connectivity index (χ0) is 13.8. The molecule has 6 heteroatoms. The van der Waals surface area contributed by atoms with Gasteiger partial charge in [0.25, 0.3) is 0 Å². The zero-order valence-electron chi connectivity index (χ0n) is 10.3. The molecule has 1 unspecified atom stereocenters. The molecule has 0 radical (unpaired) electrons. The van der Waals surface area contributed by atoms with Crippen LogP contribution in [0, 0.1) is 5.82 Å². The maximum Gasteiger partial charge on any atom is 0.131 e. The third kappa shape index (κ3) is 3.54. The van der Waals surface area contributed by atoms with Crippen molar-refractivity contribution >= 4 is 27.3 Å². The van der Waals surface area contributed by atoms with Gasteiger partial charge in [-0.25, -0.2) is 4.39 Å². The molecule has 0 aliphatic rings. The van der Waals surface area contributed by atoms with E-state index in [1.807, 2.05) is 11.4 Å². The van der Waals surface area contributed by atoms with Crippen molar-refractivity contribution in [1.82, 2.24) is 5.43 Å². The van der Waals surface area contributed by atoms with Crippen molar-refractivity contribution in [3.05, 3.63) is 50.4 Å². The SMILES string of the molecule is COc1ccc(C(Cc2cc(Br)cs2)NN)c(F)c1. The molecule has 2 aromatic rings. The Kier molecular flexibility index (Phi) is 4.93. The molecule has 0 saturated heterocycles. The first-order chi connectivity index (χ1) is 9.13. The fourth-order valence-corrected chi connectivity index (χ4v) is 3.34. The quantitative estimate of drug-likeness (QED) is 0.645. The molecular weight excluding hydrogens is 331 g/mol. The molecule has 1 atom stereocenters. The van der Waals surface area contributed by atoms with E-state index in [9.17, 15) is 4.39 Å². The van der Waals surface area contributed by atoms with E-state index in [0.29, 0.717) is 17.7 Å². The van der Waals surface area contributed by atoms with Crippen LogP contribution in [0.2, 0.25) is 0 Å². The second kappa shape index (κ2) is 6.47. The molecule has 0 spiro atoms. The molecule has 3 nitrogen and oxygen atoms in total. The molecule has 1 aromatic carbocycles. The minimum absolute atomic E-state index is 0.267. The number of thiophene rings is 1. The first-order valence-electron chi connectivity index (χ1n) is 5.66. The Hall–Kier alpha value is -0.950. The van der Waals surface area contributed by atoms with Crippen LogP contribution in [0.3, 0.4) is 0 Å². The Morgan fingerprint density at radius 2 is 2.26 bits per heavy atom. The molecule has 0 bridgehead atoms. The van der Waals surface area contributed by atoms with E-state index in [2.05, 4.69) is 21.4 Å². The van der Waals surface area contributed by atoms with Gasteiger partial charge in [0, 0.05) is 32.8 Å². The molecule has 1 aromatic heterocycles. The summed E-state index contributed by atoms with van der Waals surface area (Å²) in [4.78, 5) is 1.13. The van der Waals surface area contributed by atoms with Gasteiger partial charge in [0.15, 0.2) is 0 Å². The Morgan fingerprint density at radius 1 is 1.47 bits per heavy atom. The van der Waals surface area contributed by atoms with Gasteiger partial charge in [-0.2, -0.15) is 0 Å². The van der Waals surface area contributed by atoms with Gasteiger partial charge < -0.3 is 4.74 Å². The summed E-state index contributed by atoms with van der Waals surface area (Å²) in [6, 6.07) is 6.53. The summed E-state index contributed by atoms with van der Waals surface area (Å²) < 4.78 is 20.0. The number of rotatable bonds is 5. The molecule has 3 N–H and O–H groups in total. The smallest absolute Gasteiger partial charge is 0.131 e. The molecule has 0 fully saturated rings. The Labute approximate surface area is 123 Å². The number of methoxy groups -OCH3 is 1. The Bertz CT molecular complexity index is 561. The first kappa shape index (κ1) is 14.5. The average Bonchev–Trinajstić information content (AvgIpc) is 2.81. The predicted octanol–water partition coefficient (Wildman–Crippen LogP) is 3.41. The van der Waals surface area contributed by atoms with Gasteiger partial charge in [0.2, 0.25) is 0 Å². The highest BCUT2D eigenvalue weighted by molar-refractivity contribution is 9.10. The van der Waals surface area contributed by atoms with E-state index in [4.69, 9.17) is 10.6 Å². The van der Waals surface area contributed by atoms with Gasteiger partial charge in [-0.1, -0.05) is 6.07 Å². The number of hydrazine groups is 1. The molecule has 0 aliphatic heterocycles. The van der Waals surface area contributed by atoms with Crippen molar-refractivity contribution in [2.45, 2.75) is 12.5 Å². The number of nitrogens with two attached hydrogens (primary N) is 1. The lowest BCUT2D eigenvalue weighted by molar-refractivity contribution is 0.409. The zero-order valence-corrected chi connectivity index (χ0v) is 12.7. The topological polar surface area (TPSA) is 47.3 Å². The van der Waals surface area contributed by atoms with Crippen molar-refractivity contribution < 1.29 is 9.13 Å². The normalized spacial score (nSPS) is 12.4. The predicted molar refractivity (Wildman–Crippen MR) is 78.7 cm³/mol. The molecule has 1 heterocycles. The van der Waals surface area contributed by atoms with Crippen LogP contribution in [0.25, 0.3) is 0 Å². The number of hydrogen-bond donors (Lipinski definition) is 2. The highest BCUT2D eigenvalue weighted by Gasteiger charge is 2.16. The van der Waals surface area contributed by atoms with Gasteiger partial charge >= 0.3 is 0 Å². The minimum atomic E-state index is -0.321. The molecule has 0 amide bonds. The van der Waals surface area contributed by atoms with Gasteiger partial charge in [-0.3, -0.25) is 11.3 Å². The van der Waals surface area contributed by atoms with Crippen LogP contribution < -0.4 is 16.0 Å². The summed E-state index contributed by atoms with van der Waals surface area (Å²) in [5.41, 5.74) is 3.20. The largest absolute Gasteiger partial charge is 0.497 e. The number of benzene rings is 1. The van der Waals surface area contributed by atoms with Crippen molar-refractivity contribution in [2.24, 2.45) is 5.84 Å². The molecule has 0 aliphatic carbocycles. The molecule has 102 valence electrons. The number of hydrogen-bond acceptors (Lipinski definition) is 4. The van der Waals surface area contributed by atoms with Crippen molar-refractivity contribution in [1.29, 1.82) is 0 Å². The summed E-state index contributed by atoms with van der Waals surface area (Å²) in [6.45, 7) is 0. The molecule has 0 saturated carbocycles. The van der Waals surface area contributed by atoms with Gasteiger partial charge in [0.1, 0.15) is 11.6 Å². The van der Waals surface area contributed by atoms with E-state index in [1.54, 1.807) is 23.5 Å². The van der Waals surface area contributed by atoms with Gasteiger partial charge in [-0.05, 0) is 28.1 Å². The lowest BCUT2D eigenvalue weighted by atomic mass is 10.0. The highest BCUT2D eigenvalue weighted by atomic mass is 79.9. The van der Waals surface area contributed by atoms with Gasteiger partial charge in [-0.15, -0.1) is 11.3 Å². The summed E-state index contributed by atoms with van der Waals surface area (Å²) in [5.74, 6) is 5.72. The Balaban J connectivity index is 2.21. The van der Waals surface area contributed by atoms with Crippen molar-refractivity contribution in [3.63, 3.8) is 0 Å². The van der Waals surface area contributed by atoms with E-state index in [0.717, 1.165) is 9.35 Å². The lowest BCUT2D eigenvalue weighted by Crippen LogP contribution is -2.30. The van der Waals surface area contributed by atoms with Crippen LogP contribution in [0.4, 0.5) is 4.39 Å². The highest BCUT2D eigenvalue weighted by Crippen LogP contribution is 2.27. The lowest BCUT2D eigenvalue weighted by Gasteiger charge is -2.16. The number of nitrogens with one attached hydrogen (secondary N) is 1. The first-order valence-corrected chi connectivity index (χ1v) is 7.33. The number of ether oxygens (including phenoxy) is 1. The van der Waals surface area contributed by atoms with Crippen LogP contribution in [0.15, 0.2) is 34.1 Å². The van der Waals surface area contributed by atoms with Crippen molar-refractivity contribution in [3.8, 4) is 5.75 Å². The van der Waals surface area contributed by atoms with E-state index < -0.39 is 0 Å². The molecular formula is C13H14BrFN2OS. The van der Waals surface area contributed by atoms with Crippen LogP contribution in [-0.2, 0) is 6.42 Å². The summed E-state index contributed by atoms with van der Waals surface area (Å²) in [7, 11) is 1.51. The minimum Gasteiger partial charge on any atom is -0.497 e. The third-order valence-corrected chi connectivity index (χ3v) is 4.53. The monoisotopic (exact) mass is 344 g/mol. The third-order valence-electron chi connectivity index (χ3n) is 2.81. The fraction of sp³-hybridized carbons (Fsp3) is 0.231. The summed E-state index contributed by atoms with van der Waals surface area (Å²) >= 11 is 5.01. The maximum absolute atomic E-state index is 14.0. The van der Waals surface area contributed by atoms with Crippen LogP contribution in [0.1, 0.15) is 16.5 Å². The molecule has 19 heavy (non-hydrogen) atoms. The average molecular weight is 345 g/mol. The van der Waals surface area contributed by atoms with E-state index in [-0.39, 0.29) is 11.9 Å².